The zero-order chi connectivity index (χ0) is 25.4. The Kier molecular flexibility index (Phi) is 8.25. The van der Waals surface area contributed by atoms with Crippen LogP contribution in [0.3, 0.4) is 0 Å². The smallest absolute Gasteiger partial charge is 0.258 e. The van der Waals surface area contributed by atoms with Gasteiger partial charge < -0.3 is 20.9 Å². The summed E-state index contributed by atoms with van der Waals surface area (Å²) in [6.45, 7) is 8.01. The number of benzene rings is 3. The van der Waals surface area contributed by atoms with Gasteiger partial charge in [-0.15, -0.1) is 0 Å². The fourth-order valence-electron chi connectivity index (χ4n) is 3.35. The van der Waals surface area contributed by atoms with E-state index in [-0.39, 0.29) is 24.3 Å². The molecule has 0 saturated heterocycles. The lowest BCUT2D eigenvalue weighted by atomic mass is 9.95. The van der Waals surface area contributed by atoms with Gasteiger partial charge in [0.05, 0.1) is 6.54 Å². The molecule has 0 unspecified atom stereocenters. The fourth-order valence-corrected chi connectivity index (χ4v) is 3.35. The number of carbonyl (C=O) groups is 3. The van der Waals surface area contributed by atoms with E-state index in [0.717, 1.165) is 5.69 Å². The predicted molar refractivity (Wildman–Crippen MR) is 142 cm³/mol. The number of anilines is 4. The molecule has 3 amide bonds. The summed E-state index contributed by atoms with van der Waals surface area (Å²) in [7, 11) is 0. The van der Waals surface area contributed by atoms with Gasteiger partial charge in [-0.2, -0.15) is 0 Å². The second-order valence-electron chi connectivity index (χ2n) is 9.15. The molecule has 0 aliphatic heterocycles. The van der Waals surface area contributed by atoms with Gasteiger partial charge in [0.2, 0.25) is 11.8 Å². The number of carbonyl (C=O) groups excluding carboxylic acids is 3. The molecule has 182 valence electrons. The minimum absolute atomic E-state index is 0.0277. The number of rotatable bonds is 8. The van der Waals surface area contributed by atoms with Crippen LogP contribution in [0.2, 0.25) is 0 Å². The lowest BCUT2D eigenvalue weighted by Gasteiger charge is -2.21. The van der Waals surface area contributed by atoms with Crippen LogP contribution >= 0.6 is 0 Å². The van der Waals surface area contributed by atoms with Crippen molar-refractivity contribution in [2.45, 2.75) is 27.7 Å². The Balaban J connectivity index is 1.60. The van der Waals surface area contributed by atoms with Gasteiger partial charge in [-0.25, -0.2) is 0 Å². The van der Waals surface area contributed by atoms with Crippen molar-refractivity contribution in [3.8, 4) is 0 Å². The van der Waals surface area contributed by atoms with Crippen molar-refractivity contribution in [2.75, 3.05) is 33.9 Å². The van der Waals surface area contributed by atoms with Gasteiger partial charge in [-0.1, -0.05) is 51.1 Å². The number of nitrogens with zero attached hydrogens (tertiary/aromatic N) is 1. The van der Waals surface area contributed by atoms with Crippen LogP contribution in [0.25, 0.3) is 0 Å². The van der Waals surface area contributed by atoms with E-state index in [1.807, 2.05) is 64.1 Å². The quantitative estimate of drug-likeness (QED) is 0.410. The molecule has 0 aliphatic carbocycles. The van der Waals surface area contributed by atoms with Crippen LogP contribution in [0.5, 0.6) is 0 Å². The van der Waals surface area contributed by atoms with E-state index in [4.69, 9.17) is 0 Å². The summed E-state index contributed by atoms with van der Waals surface area (Å²) >= 11 is 0. The van der Waals surface area contributed by atoms with Crippen molar-refractivity contribution in [3.63, 3.8) is 0 Å². The first kappa shape index (κ1) is 25.5. The van der Waals surface area contributed by atoms with E-state index in [1.54, 1.807) is 47.4 Å². The van der Waals surface area contributed by atoms with Crippen molar-refractivity contribution in [1.29, 1.82) is 0 Å². The Morgan fingerprint density at radius 2 is 1.40 bits per heavy atom. The third kappa shape index (κ3) is 7.17. The predicted octanol–water partition coefficient (Wildman–Crippen LogP) is 5.39. The standard InChI is InChI=1S/C28H32N4O3/c1-5-32(24-15-7-6-8-16-24)26(34)20-11-9-13-22(17-20)30-25(33)19-29-21-12-10-14-23(18-21)31-27(35)28(2,3)4/h6-18,29H,5,19H2,1-4H3,(H,30,33)(H,31,35). The van der Waals surface area contributed by atoms with Crippen molar-refractivity contribution < 1.29 is 14.4 Å². The number of hydrogen-bond donors (Lipinski definition) is 3. The van der Waals surface area contributed by atoms with Crippen LogP contribution in [0.15, 0.2) is 78.9 Å². The monoisotopic (exact) mass is 472 g/mol. The molecule has 0 fully saturated rings. The average molecular weight is 473 g/mol. The van der Waals surface area contributed by atoms with Crippen LogP contribution in [0.1, 0.15) is 38.1 Å². The Morgan fingerprint density at radius 3 is 2.06 bits per heavy atom. The molecule has 0 heterocycles. The summed E-state index contributed by atoms with van der Waals surface area (Å²) in [4.78, 5) is 39.5. The molecule has 7 nitrogen and oxygen atoms in total. The van der Waals surface area contributed by atoms with Gasteiger partial charge in [0.25, 0.3) is 5.91 Å². The maximum Gasteiger partial charge on any atom is 0.258 e. The van der Waals surface area contributed by atoms with E-state index < -0.39 is 5.41 Å². The highest BCUT2D eigenvalue weighted by atomic mass is 16.2. The van der Waals surface area contributed by atoms with Gasteiger partial charge in [0.15, 0.2) is 0 Å². The van der Waals surface area contributed by atoms with Crippen molar-refractivity contribution in [1.82, 2.24) is 0 Å². The third-order valence-electron chi connectivity index (χ3n) is 5.28. The molecule has 35 heavy (non-hydrogen) atoms. The average Bonchev–Trinajstić information content (AvgIpc) is 2.84. The molecule has 0 atom stereocenters. The van der Waals surface area contributed by atoms with Crippen molar-refractivity contribution in [3.05, 3.63) is 84.4 Å². The van der Waals surface area contributed by atoms with Crippen molar-refractivity contribution in [2.24, 2.45) is 5.41 Å². The number of amides is 3. The Morgan fingerprint density at radius 1 is 0.771 bits per heavy atom. The highest BCUT2D eigenvalue weighted by Crippen LogP contribution is 2.21. The Bertz CT molecular complexity index is 1190. The Hall–Kier alpha value is -4.13. The first-order valence-electron chi connectivity index (χ1n) is 11.6. The Labute approximate surface area is 206 Å². The summed E-state index contributed by atoms with van der Waals surface area (Å²) in [6, 6.07) is 23.6. The molecule has 0 radical (unpaired) electrons. The molecule has 3 rings (SSSR count). The van der Waals surface area contributed by atoms with Crippen LogP contribution < -0.4 is 20.9 Å². The van der Waals surface area contributed by atoms with Gasteiger partial charge in [-0.3, -0.25) is 14.4 Å². The van der Waals surface area contributed by atoms with Crippen LogP contribution in [0.4, 0.5) is 22.7 Å². The number of nitrogens with one attached hydrogen (secondary N) is 3. The SMILES string of the molecule is CCN(C(=O)c1cccc(NC(=O)CNc2cccc(NC(=O)C(C)(C)C)c2)c1)c1ccccc1. The molecule has 7 heteroatoms. The molecule has 0 saturated carbocycles. The van der Waals surface area contributed by atoms with E-state index in [2.05, 4.69) is 16.0 Å². The third-order valence-corrected chi connectivity index (χ3v) is 5.28. The summed E-state index contributed by atoms with van der Waals surface area (Å²) < 4.78 is 0. The van der Waals surface area contributed by atoms with Gasteiger partial charge in [0, 0.05) is 40.3 Å². The zero-order valence-corrected chi connectivity index (χ0v) is 20.6. The zero-order valence-electron chi connectivity index (χ0n) is 20.6. The second-order valence-corrected chi connectivity index (χ2v) is 9.15. The van der Waals surface area contributed by atoms with E-state index in [1.165, 1.54) is 0 Å². The fraction of sp³-hybridized carbons (Fsp3) is 0.250. The number of hydrogen-bond acceptors (Lipinski definition) is 4. The minimum Gasteiger partial charge on any atom is -0.376 e. The molecular weight excluding hydrogens is 440 g/mol. The highest BCUT2D eigenvalue weighted by molar-refractivity contribution is 6.07. The summed E-state index contributed by atoms with van der Waals surface area (Å²) in [6.07, 6.45) is 0. The molecule has 0 spiro atoms. The normalized spacial score (nSPS) is 10.9. The van der Waals surface area contributed by atoms with Crippen LogP contribution in [-0.4, -0.2) is 30.8 Å². The summed E-state index contributed by atoms with van der Waals surface area (Å²) in [5.74, 6) is -0.480. The highest BCUT2D eigenvalue weighted by Gasteiger charge is 2.21. The molecule has 3 aromatic carbocycles. The molecule has 0 aliphatic rings. The minimum atomic E-state index is -0.505. The topological polar surface area (TPSA) is 90.5 Å². The number of para-hydroxylation sites is 1. The maximum atomic E-state index is 13.1. The maximum absolute atomic E-state index is 13.1. The van der Waals surface area contributed by atoms with Crippen LogP contribution in [-0.2, 0) is 9.59 Å². The largest absolute Gasteiger partial charge is 0.376 e. The molecule has 3 N–H and O–H groups in total. The summed E-state index contributed by atoms with van der Waals surface area (Å²) in [5, 5.41) is 8.77. The first-order chi connectivity index (χ1) is 16.7. The van der Waals surface area contributed by atoms with Gasteiger partial charge in [-0.05, 0) is 55.5 Å². The van der Waals surface area contributed by atoms with Crippen molar-refractivity contribution >= 4 is 40.5 Å². The molecular formula is C28H32N4O3. The van der Waals surface area contributed by atoms with Crippen LogP contribution in [0, 0.1) is 5.41 Å². The molecule has 0 aromatic heterocycles. The van der Waals surface area contributed by atoms with Gasteiger partial charge in [0.1, 0.15) is 0 Å². The second kappa shape index (κ2) is 11.3. The van der Waals surface area contributed by atoms with E-state index in [9.17, 15) is 14.4 Å². The van der Waals surface area contributed by atoms with Gasteiger partial charge >= 0.3 is 0 Å². The van der Waals surface area contributed by atoms with E-state index in [0.29, 0.717) is 29.2 Å². The summed E-state index contributed by atoms with van der Waals surface area (Å²) in [5.41, 5.74) is 2.70. The molecule has 3 aromatic rings. The van der Waals surface area contributed by atoms with E-state index >= 15 is 0 Å². The lowest BCUT2D eigenvalue weighted by molar-refractivity contribution is -0.123. The lowest BCUT2D eigenvalue weighted by Crippen LogP contribution is -2.30. The first-order valence-corrected chi connectivity index (χ1v) is 11.6. The molecule has 0 bridgehead atoms.